The van der Waals surface area contributed by atoms with Crippen LogP contribution in [0, 0.1) is 6.92 Å². The zero-order chi connectivity index (χ0) is 18.5. The van der Waals surface area contributed by atoms with Crippen molar-refractivity contribution in [3.8, 4) is 11.1 Å². The second kappa shape index (κ2) is 8.02. The number of benzene rings is 2. The van der Waals surface area contributed by atoms with E-state index in [2.05, 4.69) is 54.6 Å². The molecule has 0 saturated heterocycles. The third-order valence-electron chi connectivity index (χ3n) is 4.32. The predicted molar refractivity (Wildman–Crippen MR) is 104 cm³/mol. The number of aryl methyl sites for hydroxylation is 1. The molecule has 1 amide bonds. The van der Waals surface area contributed by atoms with Gasteiger partial charge in [-0.05, 0) is 49.3 Å². The van der Waals surface area contributed by atoms with Gasteiger partial charge in [-0.1, -0.05) is 48.5 Å². The van der Waals surface area contributed by atoms with E-state index in [1.54, 1.807) is 13.0 Å². The van der Waals surface area contributed by atoms with Crippen LogP contribution >= 0.6 is 0 Å². The lowest BCUT2D eigenvalue weighted by Crippen LogP contribution is -2.23. The van der Waals surface area contributed by atoms with Crippen molar-refractivity contribution in [2.24, 2.45) is 0 Å². The Morgan fingerprint density at radius 1 is 1.04 bits per heavy atom. The fourth-order valence-electron chi connectivity index (χ4n) is 3.00. The van der Waals surface area contributed by atoms with Gasteiger partial charge < -0.3 is 14.6 Å². The molecule has 26 heavy (non-hydrogen) atoms. The van der Waals surface area contributed by atoms with Gasteiger partial charge in [0.1, 0.15) is 5.76 Å². The van der Waals surface area contributed by atoms with Crippen LogP contribution in [-0.2, 0) is 13.1 Å². The van der Waals surface area contributed by atoms with Gasteiger partial charge in [0, 0.05) is 13.1 Å². The molecule has 4 heteroatoms. The fourth-order valence-corrected chi connectivity index (χ4v) is 3.00. The van der Waals surface area contributed by atoms with E-state index in [0.29, 0.717) is 17.9 Å². The van der Waals surface area contributed by atoms with Crippen LogP contribution in [0.15, 0.2) is 65.3 Å². The third-order valence-corrected chi connectivity index (χ3v) is 4.32. The van der Waals surface area contributed by atoms with Crippen molar-refractivity contribution >= 4 is 5.91 Å². The van der Waals surface area contributed by atoms with Crippen LogP contribution in [0.25, 0.3) is 11.1 Å². The van der Waals surface area contributed by atoms with Crippen molar-refractivity contribution in [1.82, 2.24) is 10.2 Å². The van der Waals surface area contributed by atoms with Gasteiger partial charge in [-0.25, -0.2) is 0 Å². The molecule has 2 aromatic carbocycles. The maximum Gasteiger partial charge on any atom is 0.255 e. The van der Waals surface area contributed by atoms with Crippen LogP contribution in [0.3, 0.4) is 0 Å². The lowest BCUT2D eigenvalue weighted by atomic mass is 9.98. The molecule has 134 valence electrons. The van der Waals surface area contributed by atoms with E-state index >= 15 is 0 Å². The number of hydrogen-bond donors (Lipinski definition) is 1. The Bertz CT molecular complexity index is 879. The average Bonchev–Trinajstić information content (AvgIpc) is 3.06. The minimum atomic E-state index is -0.118. The Balaban J connectivity index is 1.76. The number of rotatable bonds is 6. The van der Waals surface area contributed by atoms with Gasteiger partial charge >= 0.3 is 0 Å². The van der Waals surface area contributed by atoms with Gasteiger partial charge in [0.2, 0.25) is 0 Å². The maximum atomic E-state index is 12.3. The van der Waals surface area contributed by atoms with Crippen LogP contribution in [-0.4, -0.2) is 24.9 Å². The van der Waals surface area contributed by atoms with Gasteiger partial charge in [0.25, 0.3) is 5.91 Å². The highest BCUT2D eigenvalue weighted by molar-refractivity contribution is 5.95. The molecule has 0 atom stereocenters. The zero-order valence-corrected chi connectivity index (χ0v) is 15.5. The number of carbonyl (C=O) groups is 1. The minimum absolute atomic E-state index is 0.118. The lowest BCUT2D eigenvalue weighted by molar-refractivity contribution is 0.0949. The average molecular weight is 348 g/mol. The number of furan rings is 1. The largest absolute Gasteiger partial charge is 0.469 e. The van der Waals surface area contributed by atoms with Crippen molar-refractivity contribution in [2.45, 2.75) is 20.0 Å². The van der Waals surface area contributed by atoms with Crippen molar-refractivity contribution in [1.29, 1.82) is 0 Å². The van der Waals surface area contributed by atoms with E-state index in [1.807, 2.05) is 18.2 Å². The van der Waals surface area contributed by atoms with Crippen LogP contribution in [0.2, 0.25) is 0 Å². The van der Waals surface area contributed by atoms with E-state index in [1.165, 1.54) is 11.8 Å². The first-order valence-corrected chi connectivity index (χ1v) is 8.69. The first-order valence-electron chi connectivity index (χ1n) is 8.69. The number of amides is 1. The summed E-state index contributed by atoms with van der Waals surface area (Å²) in [5.41, 5.74) is 5.22. The van der Waals surface area contributed by atoms with Gasteiger partial charge in [-0.2, -0.15) is 0 Å². The SMILES string of the molecule is Cc1occc1C(=O)NCc1ccccc1-c1ccc(CN(C)C)cc1. The molecule has 0 aliphatic carbocycles. The van der Waals surface area contributed by atoms with E-state index in [-0.39, 0.29) is 5.91 Å². The molecule has 4 nitrogen and oxygen atoms in total. The molecular weight excluding hydrogens is 324 g/mol. The summed E-state index contributed by atoms with van der Waals surface area (Å²) in [6.07, 6.45) is 1.54. The Morgan fingerprint density at radius 3 is 2.42 bits per heavy atom. The van der Waals surface area contributed by atoms with Crippen molar-refractivity contribution in [3.63, 3.8) is 0 Å². The summed E-state index contributed by atoms with van der Waals surface area (Å²) in [6.45, 7) is 3.18. The molecule has 1 N–H and O–H groups in total. The maximum absolute atomic E-state index is 12.3. The lowest BCUT2D eigenvalue weighted by Gasteiger charge is -2.13. The van der Waals surface area contributed by atoms with Crippen LogP contribution < -0.4 is 5.32 Å². The molecule has 0 radical (unpaired) electrons. The molecule has 3 rings (SSSR count). The molecule has 3 aromatic rings. The normalized spacial score (nSPS) is 10.9. The standard InChI is InChI=1S/C22H24N2O2/c1-16-20(12-13-26-16)22(25)23-14-19-6-4-5-7-21(19)18-10-8-17(9-11-18)15-24(2)3/h4-13H,14-15H2,1-3H3,(H,23,25). The van der Waals surface area contributed by atoms with E-state index in [9.17, 15) is 4.79 Å². The predicted octanol–water partition coefficient (Wildman–Crippen LogP) is 4.25. The Hall–Kier alpha value is -2.85. The van der Waals surface area contributed by atoms with Crippen LogP contribution in [0.4, 0.5) is 0 Å². The smallest absolute Gasteiger partial charge is 0.255 e. The van der Waals surface area contributed by atoms with E-state index in [4.69, 9.17) is 4.42 Å². The molecule has 0 unspecified atom stereocenters. The number of hydrogen-bond acceptors (Lipinski definition) is 3. The molecule has 0 aliphatic heterocycles. The van der Waals surface area contributed by atoms with E-state index < -0.39 is 0 Å². The van der Waals surface area contributed by atoms with Crippen LogP contribution in [0.5, 0.6) is 0 Å². The second-order valence-corrected chi connectivity index (χ2v) is 6.66. The highest BCUT2D eigenvalue weighted by Gasteiger charge is 2.12. The molecule has 0 spiro atoms. The quantitative estimate of drug-likeness (QED) is 0.724. The summed E-state index contributed by atoms with van der Waals surface area (Å²) in [4.78, 5) is 14.5. The van der Waals surface area contributed by atoms with Crippen LogP contribution in [0.1, 0.15) is 27.2 Å². The first-order chi connectivity index (χ1) is 12.5. The Morgan fingerprint density at radius 2 is 1.77 bits per heavy atom. The summed E-state index contributed by atoms with van der Waals surface area (Å²) >= 11 is 0. The first kappa shape index (κ1) is 18.0. The molecule has 0 aliphatic rings. The third kappa shape index (κ3) is 4.21. The molecule has 0 saturated carbocycles. The monoisotopic (exact) mass is 348 g/mol. The van der Waals surface area contributed by atoms with Gasteiger partial charge in [-0.15, -0.1) is 0 Å². The number of carbonyl (C=O) groups excluding carboxylic acids is 1. The Labute approximate surface area is 154 Å². The minimum Gasteiger partial charge on any atom is -0.469 e. The molecule has 0 bridgehead atoms. The van der Waals surface area contributed by atoms with Gasteiger partial charge in [0.05, 0.1) is 11.8 Å². The topological polar surface area (TPSA) is 45.5 Å². The molecule has 0 fully saturated rings. The van der Waals surface area contributed by atoms with Crippen molar-refractivity contribution in [3.05, 3.63) is 83.3 Å². The highest BCUT2D eigenvalue weighted by atomic mass is 16.3. The van der Waals surface area contributed by atoms with Gasteiger partial charge in [0.15, 0.2) is 0 Å². The number of nitrogens with zero attached hydrogens (tertiary/aromatic N) is 1. The second-order valence-electron chi connectivity index (χ2n) is 6.66. The fraction of sp³-hybridized carbons (Fsp3) is 0.227. The summed E-state index contributed by atoms with van der Waals surface area (Å²) in [7, 11) is 4.13. The summed E-state index contributed by atoms with van der Waals surface area (Å²) in [5.74, 6) is 0.514. The van der Waals surface area contributed by atoms with E-state index in [0.717, 1.165) is 23.2 Å². The highest BCUT2D eigenvalue weighted by Crippen LogP contribution is 2.24. The molecule has 1 heterocycles. The summed E-state index contributed by atoms with van der Waals surface area (Å²) < 4.78 is 5.21. The Kier molecular flexibility index (Phi) is 5.54. The summed E-state index contributed by atoms with van der Waals surface area (Å²) in [5, 5.41) is 2.98. The van der Waals surface area contributed by atoms with Crippen molar-refractivity contribution < 1.29 is 9.21 Å². The van der Waals surface area contributed by atoms with Gasteiger partial charge in [-0.3, -0.25) is 4.79 Å². The van der Waals surface area contributed by atoms with Crippen molar-refractivity contribution in [2.75, 3.05) is 14.1 Å². The molecular formula is C22H24N2O2. The summed E-state index contributed by atoms with van der Waals surface area (Å²) in [6, 6.07) is 18.4. The zero-order valence-electron chi connectivity index (χ0n) is 15.5. The molecule has 1 aromatic heterocycles. The number of nitrogens with one attached hydrogen (secondary N) is 1.